The molecule has 26 heavy (non-hydrogen) atoms. The zero-order chi connectivity index (χ0) is 18.5. The predicted molar refractivity (Wildman–Crippen MR) is 98.5 cm³/mol. The van der Waals surface area contributed by atoms with E-state index < -0.39 is 0 Å². The highest BCUT2D eigenvalue weighted by atomic mass is 16.3. The van der Waals surface area contributed by atoms with E-state index >= 15 is 0 Å². The van der Waals surface area contributed by atoms with Gasteiger partial charge >= 0.3 is 0 Å². The van der Waals surface area contributed by atoms with Gasteiger partial charge in [-0.2, -0.15) is 0 Å². The van der Waals surface area contributed by atoms with Crippen molar-refractivity contribution in [3.05, 3.63) is 23.7 Å². The lowest BCUT2D eigenvalue weighted by Gasteiger charge is -2.34. The number of hydrogen-bond donors (Lipinski definition) is 2. The molecule has 7 heteroatoms. The number of piperazine rings is 1. The molecule has 0 aromatic carbocycles. The zero-order valence-corrected chi connectivity index (χ0v) is 15.6. The summed E-state index contributed by atoms with van der Waals surface area (Å²) < 4.78 is 5.24. The van der Waals surface area contributed by atoms with Crippen LogP contribution in [0, 0.1) is 5.92 Å². The molecule has 2 aliphatic rings. The van der Waals surface area contributed by atoms with Gasteiger partial charge < -0.3 is 20.4 Å². The van der Waals surface area contributed by atoms with Crippen LogP contribution in [0.5, 0.6) is 0 Å². The van der Waals surface area contributed by atoms with Gasteiger partial charge in [0.1, 0.15) is 12.0 Å². The SMILES string of the molecule is CC1CCC(NC(=O)CN2CCN(C(=O)c3coc(CN)c3)CC2)CC1. The number of furan rings is 1. The molecule has 0 atom stereocenters. The fourth-order valence-electron chi connectivity index (χ4n) is 3.77. The van der Waals surface area contributed by atoms with Crippen LogP contribution < -0.4 is 11.1 Å². The van der Waals surface area contributed by atoms with Gasteiger partial charge in [-0.15, -0.1) is 0 Å². The summed E-state index contributed by atoms with van der Waals surface area (Å²) in [7, 11) is 0. The number of nitrogens with two attached hydrogens (primary N) is 1. The third-order valence-electron chi connectivity index (χ3n) is 5.51. The molecule has 2 heterocycles. The van der Waals surface area contributed by atoms with Crippen molar-refractivity contribution in [2.24, 2.45) is 11.7 Å². The van der Waals surface area contributed by atoms with Crippen LogP contribution in [0.15, 0.2) is 16.7 Å². The number of hydrogen-bond acceptors (Lipinski definition) is 5. The Labute approximate surface area is 154 Å². The first-order valence-electron chi connectivity index (χ1n) is 9.63. The largest absolute Gasteiger partial charge is 0.467 e. The highest BCUT2D eigenvalue weighted by molar-refractivity contribution is 5.94. The number of carbonyl (C=O) groups excluding carboxylic acids is 2. The van der Waals surface area contributed by atoms with E-state index in [0.29, 0.717) is 50.1 Å². The molecule has 1 aromatic rings. The Hall–Kier alpha value is -1.86. The molecule has 3 N–H and O–H groups in total. The second-order valence-corrected chi connectivity index (χ2v) is 7.60. The molecule has 0 bridgehead atoms. The average molecular weight is 362 g/mol. The van der Waals surface area contributed by atoms with Crippen LogP contribution in [0.25, 0.3) is 0 Å². The minimum atomic E-state index is -0.0334. The van der Waals surface area contributed by atoms with Crippen molar-refractivity contribution in [2.45, 2.75) is 45.2 Å². The molecule has 7 nitrogen and oxygen atoms in total. The fraction of sp³-hybridized carbons (Fsp3) is 0.684. The normalized spacial score (nSPS) is 24.5. The van der Waals surface area contributed by atoms with E-state index in [1.54, 1.807) is 6.07 Å². The van der Waals surface area contributed by atoms with Crippen molar-refractivity contribution in [3.63, 3.8) is 0 Å². The van der Waals surface area contributed by atoms with Crippen molar-refractivity contribution >= 4 is 11.8 Å². The summed E-state index contributed by atoms with van der Waals surface area (Å²) >= 11 is 0. The minimum Gasteiger partial charge on any atom is -0.467 e. The second-order valence-electron chi connectivity index (χ2n) is 7.60. The van der Waals surface area contributed by atoms with Crippen LogP contribution in [0.1, 0.15) is 48.7 Å². The van der Waals surface area contributed by atoms with Crippen molar-refractivity contribution in [1.29, 1.82) is 0 Å². The Morgan fingerprint density at radius 3 is 2.50 bits per heavy atom. The summed E-state index contributed by atoms with van der Waals surface area (Å²) in [4.78, 5) is 28.7. The van der Waals surface area contributed by atoms with E-state index in [9.17, 15) is 9.59 Å². The van der Waals surface area contributed by atoms with E-state index in [-0.39, 0.29) is 18.4 Å². The van der Waals surface area contributed by atoms with Crippen molar-refractivity contribution in [3.8, 4) is 0 Å². The molecule has 144 valence electrons. The minimum absolute atomic E-state index is 0.0334. The molecular formula is C19H30N4O3. The van der Waals surface area contributed by atoms with Crippen LogP contribution in [0.3, 0.4) is 0 Å². The van der Waals surface area contributed by atoms with Crippen LogP contribution in [0.2, 0.25) is 0 Å². The maximum atomic E-state index is 12.5. The molecule has 2 amide bonds. The molecule has 0 spiro atoms. The highest BCUT2D eigenvalue weighted by Crippen LogP contribution is 2.23. The van der Waals surface area contributed by atoms with Crippen molar-refractivity contribution in [2.75, 3.05) is 32.7 Å². The Balaban J connectivity index is 1.40. The summed E-state index contributed by atoms with van der Waals surface area (Å²) in [6.45, 7) is 5.64. The monoisotopic (exact) mass is 362 g/mol. The molecule has 0 unspecified atom stereocenters. The van der Waals surface area contributed by atoms with Gasteiger partial charge in [-0.3, -0.25) is 14.5 Å². The predicted octanol–water partition coefficient (Wildman–Crippen LogP) is 1.19. The zero-order valence-electron chi connectivity index (χ0n) is 15.6. The van der Waals surface area contributed by atoms with E-state index in [0.717, 1.165) is 18.8 Å². The van der Waals surface area contributed by atoms with Gasteiger partial charge in [-0.25, -0.2) is 0 Å². The van der Waals surface area contributed by atoms with Crippen LogP contribution in [-0.4, -0.2) is 60.4 Å². The number of carbonyl (C=O) groups is 2. The van der Waals surface area contributed by atoms with Crippen LogP contribution >= 0.6 is 0 Å². The molecule has 1 saturated carbocycles. The number of nitrogens with zero attached hydrogens (tertiary/aromatic N) is 2. The molecule has 3 rings (SSSR count). The summed E-state index contributed by atoms with van der Waals surface area (Å²) in [5.41, 5.74) is 6.06. The average Bonchev–Trinajstić information content (AvgIpc) is 3.13. The number of rotatable bonds is 5. The summed E-state index contributed by atoms with van der Waals surface area (Å²) in [6, 6.07) is 2.03. The van der Waals surface area contributed by atoms with Gasteiger partial charge in [0, 0.05) is 32.2 Å². The maximum absolute atomic E-state index is 12.5. The Morgan fingerprint density at radius 1 is 1.19 bits per heavy atom. The van der Waals surface area contributed by atoms with Crippen LogP contribution in [-0.2, 0) is 11.3 Å². The standard InChI is InChI=1S/C19H30N4O3/c1-14-2-4-16(5-3-14)21-18(24)12-22-6-8-23(9-7-22)19(25)15-10-17(11-20)26-13-15/h10,13-14,16H,2-9,11-12,20H2,1H3,(H,21,24). The Morgan fingerprint density at radius 2 is 1.88 bits per heavy atom. The Kier molecular flexibility index (Phi) is 6.32. The summed E-state index contributed by atoms with van der Waals surface area (Å²) in [5.74, 6) is 1.46. The van der Waals surface area contributed by atoms with E-state index in [2.05, 4.69) is 17.1 Å². The molecular weight excluding hydrogens is 332 g/mol. The first kappa shape index (κ1) is 18.9. The molecule has 0 radical (unpaired) electrons. The van der Waals surface area contributed by atoms with Crippen molar-refractivity contribution in [1.82, 2.24) is 15.1 Å². The molecule has 1 saturated heterocycles. The van der Waals surface area contributed by atoms with E-state index in [1.165, 1.54) is 19.1 Å². The molecule has 1 aliphatic heterocycles. The molecule has 2 fully saturated rings. The molecule has 1 aliphatic carbocycles. The topological polar surface area (TPSA) is 91.8 Å². The number of nitrogens with one attached hydrogen (secondary N) is 1. The lowest BCUT2D eigenvalue weighted by molar-refractivity contribution is -0.123. The summed E-state index contributed by atoms with van der Waals surface area (Å²) in [5, 5.41) is 3.17. The smallest absolute Gasteiger partial charge is 0.257 e. The quantitative estimate of drug-likeness (QED) is 0.821. The first-order chi connectivity index (χ1) is 12.5. The summed E-state index contributed by atoms with van der Waals surface area (Å²) in [6.07, 6.45) is 6.04. The molecule has 1 aromatic heterocycles. The van der Waals surface area contributed by atoms with Gasteiger partial charge in [-0.1, -0.05) is 6.92 Å². The van der Waals surface area contributed by atoms with Gasteiger partial charge in [0.25, 0.3) is 5.91 Å². The van der Waals surface area contributed by atoms with Gasteiger partial charge in [0.15, 0.2) is 0 Å². The van der Waals surface area contributed by atoms with Gasteiger partial charge in [0.05, 0.1) is 18.7 Å². The van der Waals surface area contributed by atoms with Crippen LogP contribution in [0.4, 0.5) is 0 Å². The maximum Gasteiger partial charge on any atom is 0.257 e. The second kappa shape index (κ2) is 8.68. The first-order valence-corrected chi connectivity index (χ1v) is 9.63. The number of amides is 2. The third-order valence-corrected chi connectivity index (χ3v) is 5.51. The van der Waals surface area contributed by atoms with E-state index in [1.807, 2.05) is 4.90 Å². The fourth-order valence-corrected chi connectivity index (χ4v) is 3.77. The lowest BCUT2D eigenvalue weighted by atomic mass is 9.87. The van der Waals surface area contributed by atoms with E-state index in [4.69, 9.17) is 10.2 Å². The Bertz CT molecular complexity index is 614. The van der Waals surface area contributed by atoms with Crippen molar-refractivity contribution < 1.29 is 14.0 Å². The van der Waals surface area contributed by atoms with Gasteiger partial charge in [-0.05, 0) is 37.7 Å². The highest BCUT2D eigenvalue weighted by Gasteiger charge is 2.25. The van der Waals surface area contributed by atoms with Gasteiger partial charge in [0.2, 0.25) is 5.91 Å². The third kappa shape index (κ3) is 4.86. The lowest BCUT2D eigenvalue weighted by Crippen LogP contribution is -2.52.